The first-order valence-corrected chi connectivity index (χ1v) is 8.42. The van der Waals surface area contributed by atoms with E-state index in [0.29, 0.717) is 30.8 Å². The summed E-state index contributed by atoms with van der Waals surface area (Å²) in [5, 5.41) is 6.07. The number of halogens is 1. The third kappa shape index (κ3) is 6.51. The Bertz CT molecular complexity index is 691. The first-order chi connectivity index (χ1) is 12.1. The number of nitrogens with one attached hydrogen (secondary N) is 2. The molecule has 0 bridgehead atoms. The molecule has 134 valence electrons. The van der Waals surface area contributed by atoms with E-state index in [-0.39, 0.29) is 11.7 Å². The van der Waals surface area contributed by atoms with Gasteiger partial charge >= 0.3 is 0 Å². The van der Waals surface area contributed by atoms with E-state index in [0.717, 1.165) is 18.7 Å². The summed E-state index contributed by atoms with van der Waals surface area (Å²) in [6.45, 7) is 2.11. The van der Waals surface area contributed by atoms with Crippen molar-refractivity contribution in [2.45, 2.75) is 12.8 Å². The summed E-state index contributed by atoms with van der Waals surface area (Å²) >= 11 is 0. The molecule has 0 unspecified atom stereocenters. The minimum absolute atomic E-state index is 0.184. The molecule has 2 rings (SSSR count). The molecule has 2 aromatic rings. The molecule has 5 nitrogen and oxygen atoms in total. The average Bonchev–Trinajstić information content (AvgIpc) is 2.60. The highest BCUT2D eigenvalue weighted by Gasteiger charge is 2.07. The molecule has 0 fully saturated rings. The van der Waals surface area contributed by atoms with Crippen molar-refractivity contribution in [3.63, 3.8) is 0 Å². The lowest BCUT2D eigenvalue weighted by Gasteiger charge is -2.10. The van der Waals surface area contributed by atoms with E-state index in [4.69, 9.17) is 0 Å². The SMILES string of the molecule is CN(C)CCCNC(=O)c1cc(NCCc2ccccc2F)ccn1. The fraction of sp³-hybridized carbons (Fsp3) is 0.368. The summed E-state index contributed by atoms with van der Waals surface area (Å²) in [6, 6.07) is 10.2. The second kappa shape index (κ2) is 9.74. The van der Waals surface area contributed by atoms with Crippen LogP contribution in [0.2, 0.25) is 0 Å². The number of aromatic nitrogens is 1. The molecular weight excluding hydrogens is 319 g/mol. The maximum atomic E-state index is 13.6. The zero-order chi connectivity index (χ0) is 18.1. The Morgan fingerprint density at radius 3 is 2.76 bits per heavy atom. The van der Waals surface area contributed by atoms with Gasteiger partial charge in [0.2, 0.25) is 0 Å². The number of nitrogens with zero attached hydrogens (tertiary/aromatic N) is 2. The van der Waals surface area contributed by atoms with Crippen molar-refractivity contribution in [2.75, 3.05) is 39.0 Å². The molecule has 0 aliphatic heterocycles. The second-order valence-corrected chi connectivity index (χ2v) is 6.11. The fourth-order valence-corrected chi connectivity index (χ4v) is 2.40. The molecule has 0 atom stereocenters. The molecule has 1 amide bonds. The van der Waals surface area contributed by atoms with Gasteiger partial charge in [-0.15, -0.1) is 0 Å². The van der Waals surface area contributed by atoms with E-state index < -0.39 is 0 Å². The Morgan fingerprint density at radius 1 is 1.20 bits per heavy atom. The van der Waals surface area contributed by atoms with Crippen molar-refractivity contribution in [2.24, 2.45) is 0 Å². The Kier molecular flexibility index (Phi) is 7.35. The third-order valence-corrected chi connectivity index (χ3v) is 3.74. The fourth-order valence-electron chi connectivity index (χ4n) is 2.40. The van der Waals surface area contributed by atoms with Gasteiger partial charge in [-0.1, -0.05) is 18.2 Å². The molecule has 1 heterocycles. The molecule has 0 aliphatic rings. The maximum absolute atomic E-state index is 13.6. The lowest BCUT2D eigenvalue weighted by Crippen LogP contribution is -2.27. The summed E-state index contributed by atoms with van der Waals surface area (Å²) in [5.74, 6) is -0.381. The largest absolute Gasteiger partial charge is 0.385 e. The van der Waals surface area contributed by atoms with Gasteiger partial charge in [0.05, 0.1) is 0 Å². The minimum Gasteiger partial charge on any atom is -0.385 e. The zero-order valence-corrected chi connectivity index (χ0v) is 14.8. The van der Waals surface area contributed by atoms with Gasteiger partial charge in [-0.05, 0) is 57.2 Å². The van der Waals surface area contributed by atoms with Crippen molar-refractivity contribution in [1.82, 2.24) is 15.2 Å². The summed E-state index contributed by atoms with van der Waals surface area (Å²) < 4.78 is 13.6. The van der Waals surface area contributed by atoms with Gasteiger partial charge in [0.25, 0.3) is 5.91 Å². The molecule has 2 N–H and O–H groups in total. The van der Waals surface area contributed by atoms with E-state index in [9.17, 15) is 9.18 Å². The van der Waals surface area contributed by atoms with Crippen molar-refractivity contribution >= 4 is 11.6 Å². The van der Waals surface area contributed by atoms with Crippen LogP contribution in [0, 0.1) is 5.82 Å². The molecule has 0 aliphatic carbocycles. The smallest absolute Gasteiger partial charge is 0.269 e. The van der Waals surface area contributed by atoms with Crippen molar-refractivity contribution in [3.05, 3.63) is 59.7 Å². The first-order valence-electron chi connectivity index (χ1n) is 8.42. The number of hydrogen-bond donors (Lipinski definition) is 2. The van der Waals surface area contributed by atoms with Crippen LogP contribution in [0.3, 0.4) is 0 Å². The molecule has 25 heavy (non-hydrogen) atoms. The topological polar surface area (TPSA) is 57.3 Å². The monoisotopic (exact) mass is 344 g/mol. The van der Waals surface area contributed by atoms with E-state index in [1.54, 1.807) is 30.5 Å². The lowest BCUT2D eigenvalue weighted by molar-refractivity contribution is 0.0947. The second-order valence-electron chi connectivity index (χ2n) is 6.11. The van der Waals surface area contributed by atoms with Crippen molar-refractivity contribution in [1.29, 1.82) is 0 Å². The Balaban J connectivity index is 1.82. The van der Waals surface area contributed by atoms with Crippen LogP contribution in [0.5, 0.6) is 0 Å². The Morgan fingerprint density at radius 2 is 2.00 bits per heavy atom. The van der Waals surface area contributed by atoms with Crippen LogP contribution in [0.15, 0.2) is 42.6 Å². The van der Waals surface area contributed by atoms with Crippen LogP contribution in [-0.4, -0.2) is 49.5 Å². The summed E-state index contributed by atoms with van der Waals surface area (Å²) in [4.78, 5) is 18.3. The number of carbonyl (C=O) groups is 1. The van der Waals surface area contributed by atoms with Crippen LogP contribution < -0.4 is 10.6 Å². The van der Waals surface area contributed by atoms with Gasteiger partial charge < -0.3 is 15.5 Å². The summed E-state index contributed by atoms with van der Waals surface area (Å²) in [7, 11) is 4.00. The van der Waals surface area contributed by atoms with Gasteiger partial charge in [-0.25, -0.2) is 4.39 Å². The predicted molar refractivity (Wildman–Crippen MR) is 98.3 cm³/mol. The standard InChI is InChI=1S/C19H25FN4O/c1-24(2)13-5-10-23-19(25)18-14-16(9-12-22-18)21-11-8-15-6-3-4-7-17(15)20/h3-4,6-7,9,12,14H,5,8,10-11,13H2,1-2H3,(H,21,22)(H,23,25). The molecule has 1 aromatic heterocycles. The number of rotatable bonds is 9. The van der Waals surface area contributed by atoms with Crippen molar-refractivity contribution < 1.29 is 9.18 Å². The molecule has 0 spiro atoms. The molecular formula is C19H25FN4O. The highest BCUT2D eigenvalue weighted by molar-refractivity contribution is 5.93. The van der Waals surface area contributed by atoms with Gasteiger partial charge in [-0.3, -0.25) is 9.78 Å². The van der Waals surface area contributed by atoms with E-state index in [2.05, 4.69) is 20.5 Å². The molecule has 0 saturated heterocycles. The van der Waals surface area contributed by atoms with Crippen LogP contribution in [0.25, 0.3) is 0 Å². The predicted octanol–water partition coefficient (Wildman–Crippen LogP) is 2.56. The minimum atomic E-state index is -0.197. The average molecular weight is 344 g/mol. The van der Waals surface area contributed by atoms with Crippen LogP contribution in [0.1, 0.15) is 22.5 Å². The van der Waals surface area contributed by atoms with Gasteiger partial charge in [0.1, 0.15) is 11.5 Å². The number of anilines is 1. The molecule has 0 saturated carbocycles. The zero-order valence-electron chi connectivity index (χ0n) is 14.8. The number of pyridine rings is 1. The third-order valence-electron chi connectivity index (χ3n) is 3.74. The van der Waals surface area contributed by atoms with Gasteiger partial charge in [0, 0.05) is 25.0 Å². The number of hydrogen-bond acceptors (Lipinski definition) is 4. The Hall–Kier alpha value is -2.47. The van der Waals surface area contributed by atoms with Crippen LogP contribution in [0.4, 0.5) is 10.1 Å². The van der Waals surface area contributed by atoms with Gasteiger partial charge in [0.15, 0.2) is 0 Å². The van der Waals surface area contributed by atoms with Crippen LogP contribution >= 0.6 is 0 Å². The molecule has 1 aromatic carbocycles. The van der Waals surface area contributed by atoms with Crippen molar-refractivity contribution in [3.8, 4) is 0 Å². The highest BCUT2D eigenvalue weighted by atomic mass is 19.1. The summed E-state index contributed by atoms with van der Waals surface area (Å²) in [5.41, 5.74) is 1.84. The summed E-state index contributed by atoms with van der Waals surface area (Å²) in [6.07, 6.45) is 3.06. The quantitative estimate of drug-likeness (QED) is 0.687. The van der Waals surface area contributed by atoms with E-state index in [1.807, 2.05) is 20.2 Å². The first kappa shape index (κ1) is 18.9. The molecule has 0 radical (unpaired) electrons. The van der Waals surface area contributed by atoms with E-state index in [1.165, 1.54) is 6.07 Å². The van der Waals surface area contributed by atoms with E-state index >= 15 is 0 Å². The lowest BCUT2D eigenvalue weighted by atomic mass is 10.1. The normalized spacial score (nSPS) is 10.7. The molecule has 6 heteroatoms. The number of carbonyl (C=O) groups excluding carboxylic acids is 1. The Labute approximate surface area is 148 Å². The number of benzene rings is 1. The number of amides is 1. The van der Waals surface area contributed by atoms with Gasteiger partial charge in [-0.2, -0.15) is 0 Å². The maximum Gasteiger partial charge on any atom is 0.269 e. The van der Waals surface area contributed by atoms with Crippen LogP contribution in [-0.2, 0) is 6.42 Å². The highest BCUT2D eigenvalue weighted by Crippen LogP contribution is 2.10.